The largest absolute Gasteiger partial charge is 0.465 e. The molecule has 4 rings (SSSR count). The van der Waals surface area contributed by atoms with Gasteiger partial charge in [-0.05, 0) is 99.1 Å². The van der Waals surface area contributed by atoms with Crippen molar-refractivity contribution in [2.75, 3.05) is 40.4 Å². The number of benzene rings is 2. The predicted molar refractivity (Wildman–Crippen MR) is 125 cm³/mol. The van der Waals surface area contributed by atoms with Gasteiger partial charge in [0.2, 0.25) is 0 Å². The van der Waals surface area contributed by atoms with Crippen LogP contribution in [0.5, 0.6) is 0 Å². The molecule has 2 aromatic rings. The fourth-order valence-corrected chi connectivity index (χ4v) is 4.39. The van der Waals surface area contributed by atoms with Crippen LogP contribution >= 0.6 is 0 Å². The molecule has 32 heavy (non-hydrogen) atoms. The number of hydrogen-bond donors (Lipinski definition) is 2. The molecule has 0 amide bonds. The third kappa shape index (κ3) is 6.65. The fraction of sp³-hybridized carbons (Fsp3) is 0.462. The lowest BCUT2D eigenvalue weighted by Gasteiger charge is -2.23. The van der Waals surface area contributed by atoms with Gasteiger partial charge in [0, 0.05) is 0 Å². The number of esters is 2. The molecule has 0 radical (unpaired) electrons. The summed E-state index contributed by atoms with van der Waals surface area (Å²) < 4.78 is 9.45. The Morgan fingerprint density at radius 3 is 1.41 bits per heavy atom. The quantitative estimate of drug-likeness (QED) is 0.706. The Bertz CT molecular complexity index is 813. The Kier molecular flexibility index (Phi) is 9.26. The highest BCUT2D eigenvalue weighted by Crippen LogP contribution is 2.26. The van der Waals surface area contributed by atoms with E-state index >= 15 is 0 Å². The standard InChI is InChI=1S/2C13H17NO2/c2*1-16-13(15)12-4-2-3-11(9-12)10-5-7-14-8-6-10/h2*2-4,9-10,14H,5-8H2,1H3. The second-order valence-electron chi connectivity index (χ2n) is 8.28. The Morgan fingerprint density at radius 1 is 0.688 bits per heavy atom. The lowest BCUT2D eigenvalue weighted by molar-refractivity contribution is 0.0591. The molecule has 0 spiro atoms. The maximum absolute atomic E-state index is 11.4. The number of nitrogens with one attached hydrogen (secondary N) is 2. The molecular weight excluding hydrogens is 404 g/mol. The van der Waals surface area contributed by atoms with Crippen LogP contribution in [0.4, 0.5) is 0 Å². The maximum atomic E-state index is 11.4. The average Bonchev–Trinajstić information content (AvgIpc) is 2.89. The smallest absolute Gasteiger partial charge is 0.337 e. The predicted octanol–water partition coefficient (Wildman–Crippen LogP) is 3.88. The minimum atomic E-state index is -0.254. The Balaban J connectivity index is 0.000000181. The first kappa shape index (κ1) is 24.0. The first-order valence-electron chi connectivity index (χ1n) is 11.4. The van der Waals surface area contributed by atoms with Gasteiger partial charge in [-0.3, -0.25) is 0 Å². The van der Waals surface area contributed by atoms with Crippen molar-refractivity contribution in [1.29, 1.82) is 0 Å². The summed E-state index contributed by atoms with van der Waals surface area (Å²) in [6.45, 7) is 4.25. The lowest BCUT2D eigenvalue weighted by atomic mass is 9.89. The van der Waals surface area contributed by atoms with Crippen LogP contribution in [-0.4, -0.2) is 52.3 Å². The zero-order valence-electron chi connectivity index (χ0n) is 19.1. The average molecular weight is 439 g/mol. The van der Waals surface area contributed by atoms with Crippen molar-refractivity contribution in [3.05, 3.63) is 70.8 Å². The zero-order valence-corrected chi connectivity index (χ0v) is 19.1. The number of ether oxygens (including phenoxy) is 2. The van der Waals surface area contributed by atoms with E-state index in [1.165, 1.54) is 25.3 Å². The molecule has 2 heterocycles. The Morgan fingerprint density at radius 2 is 1.06 bits per heavy atom. The summed E-state index contributed by atoms with van der Waals surface area (Å²) in [4.78, 5) is 22.8. The van der Waals surface area contributed by atoms with Crippen LogP contribution in [0.15, 0.2) is 48.5 Å². The molecule has 2 aliphatic rings. The van der Waals surface area contributed by atoms with E-state index in [1.54, 1.807) is 12.1 Å². The Hall–Kier alpha value is -2.70. The van der Waals surface area contributed by atoms with Crippen LogP contribution in [0.25, 0.3) is 0 Å². The summed E-state index contributed by atoms with van der Waals surface area (Å²) in [6.07, 6.45) is 4.57. The van der Waals surface area contributed by atoms with Crippen molar-refractivity contribution in [3.8, 4) is 0 Å². The van der Waals surface area contributed by atoms with Crippen molar-refractivity contribution in [1.82, 2.24) is 10.6 Å². The summed E-state index contributed by atoms with van der Waals surface area (Å²) in [5.74, 6) is 0.642. The van der Waals surface area contributed by atoms with Gasteiger partial charge in [-0.1, -0.05) is 24.3 Å². The molecule has 2 aromatic carbocycles. The van der Waals surface area contributed by atoms with Gasteiger partial charge in [0.05, 0.1) is 25.3 Å². The second kappa shape index (κ2) is 12.4. The van der Waals surface area contributed by atoms with Gasteiger partial charge in [-0.15, -0.1) is 0 Å². The maximum Gasteiger partial charge on any atom is 0.337 e. The number of piperidine rings is 2. The molecule has 6 heteroatoms. The van der Waals surface area contributed by atoms with E-state index in [-0.39, 0.29) is 11.9 Å². The highest BCUT2D eigenvalue weighted by atomic mass is 16.5. The third-order valence-corrected chi connectivity index (χ3v) is 6.24. The van der Waals surface area contributed by atoms with E-state index in [0.29, 0.717) is 23.0 Å². The van der Waals surface area contributed by atoms with Crippen molar-refractivity contribution in [3.63, 3.8) is 0 Å². The van der Waals surface area contributed by atoms with Crippen LogP contribution in [0.3, 0.4) is 0 Å². The minimum Gasteiger partial charge on any atom is -0.465 e. The number of carbonyl (C=O) groups excluding carboxylic acids is 2. The molecule has 6 nitrogen and oxygen atoms in total. The molecule has 0 atom stereocenters. The summed E-state index contributed by atoms with van der Waals surface area (Å²) in [6, 6.07) is 15.6. The Labute approximate surface area is 190 Å². The first-order chi connectivity index (χ1) is 15.6. The van der Waals surface area contributed by atoms with Gasteiger partial charge in [0.1, 0.15) is 0 Å². The zero-order chi connectivity index (χ0) is 22.8. The van der Waals surface area contributed by atoms with Crippen LogP contribution in [0.2, 0.25) is 0 Å². The number of rotatable bonds is 4. The van der Waals surface area contributed by atoms with Crippen molar-refractivity contribution in [2.45, 2.75) is 37.5 Å². The van der Waals surface area contributed by atoms with Gasteiger partial charge in [0.15, 0.2) is 0 Å². The summed E-state index contributed by atoms with van der Waals surface area (Å²) in [5, 5.41) is 6.68. The molecule has 0 unspecified atom stereocenters. The molecule has 0 aromatic heterocycles. The molecule has 0 saturated carbocycles. The molecule has 2 fully saturated rings. The molecule has 172 valence electrons. The van der Waals surface area contributed by atoms with E-state index in [4.69, 9.17) is 9.47 Å². The molecule has 0 aliphatic carbocycles. The van der Waals surface area contributed by atoms with Crippen molar-refractivity contribution < 1.29 is 19.1 Å². The lowest BCUT2D eigenvalue weighted by Crippen LogP contribution is -2.26. The van der Waals surface area contributed by atoms with E-state index in [0.717, 1.165) is 51.9 Å². The SMILES string of the molecule is COC(=O)c1cccc(C2CCNCC2)c1.COC(=O)c1cccc(C2CCNCC2)c1. The normalized spacial score (nSPS) is 17.1. The summed E-state index contributed by atoms with van der Waals surface area (Å²) in [5.41, 5.74) is 3.81. The van der Waals surface area contributed by atoms with Crippen LogP contribution in [0, 0.1) is 0 Å². The third-order valence-electron chi connectivity index (χ3n) is 6.24. The fourth-order valence-electron chi connectivity index (χ4n) is 4.39. The second-order valence-corrected chi connectivity index (χ2v) is 8.28. The van der Waals surface area contributed by atoms with E-state index < -0.39 is 0 Å². The molecule has 2 saturated heterocycles. The number of hydrogen-bond acceptors (Lipinski definition) is 6. The summed E-state index contributed by atoms with van der Waals surface area (Å²) in [7, 11) is 2.83. The van der Waals surface area contributed by atoms with Gasteiger partial charge in [0.25, 0.3) is 0 Å². The van der Waals surface area contributed by atoms with Crippen LogP contribution in [0.1, 0.15) is 69.4 Å². The molecule has 2 aliphatic heterocycles. The van der Waals surface area contributed by atoms with E-state index in [9.17, 15) is 9.59 Å². The van der Waals surface area contributed by atoms with Crippen LogP contribution < -0.4 is 10.6 Å². The molecule has 2 N–H and O–H groups in total. The molecular formula is C26H34N2O4. The first-order valence-corrected chi connectivity index (χ1v) is 11.4. The summed E-state index contributed by atoms with van der Waals surface area (Å²) >= 11 is 0. The van der Waals surface area contributed by atoms with Crippen molar-refractivity contribution in [2.24, 2.45) is 0 Å². The highest BCUT2D eigenvalue weighted by Gasteiger charge is 2.17. The van der Waals surface area contributed by atoms with Gasteiger partial charge in [-0.2, -0.15) is 0 Å². The highest BCUT2D eigenvalue weighted by molar-refractivity contribution is 5.90. The topological polar surface area (TPSA) is 76.7 Å². The van der Waals surface area contributed by atoms with Gasteiger partial charge in [-0.25, -0.2) is 9.59 Å². The molecule has 0 bridgehead atoms. The van der Waals surface area contributed by atoms with E-state index in [2.05, 4.69) is 22.8 Å². The van der Waals surface area contributed by atoms with Gasteiger partial charge >= 0.3 is 11.9 Å². The monoisotopic (exact) mass is 438 g/mol. The number of carbonyl (C=O) groups is 2. The van der Waals surface area contributed by atoms with Crippen LogP contribution in [-0.2, 0) is 9.47 Å². The number of methoxy groups -OCH3 is 2. The van der Waals surface area contributed by atoms with Crippen molar-refractivity contribution >= 4 is 11.9 Å². The minimum absolute atomic E-state index is 0.254. The van der Waals surface area contributed by atoms with Gasteiger partial charge < -0.3 is 20.1 Å². The van der Waals surface area contributed by atoms with E-state index in [1.807, 2.05) is 24.3 Å².